The highest BCUT2D eigenvalue weighted by molar-refractivity contribution is 6.33. The second-order valence-electron chi connectivity index (χ2n) is 3.10. The highest BCUT2D eigenvalue weighted by Gasteiger charge is 2.26. The molecule has 2 nitrogen and oxygen atoms in total. The molecule has 6 heteroatoms. The molecule has 76 valence electrons. The van der Waals surface area contributed by atoms with E-state index in [1.165, 1.54) is 6.07 Å². The molecule has 0 fully saturated rings. The first-order valence-corrected chi connectivity index (χ1v) is 4.04. The summed E-state index contributed by atoms with van der Waals surface area (Å²) in [6.07, 6.45) is -4.21. The molecule has 0 bridgehead atoms. The van der Waals surface area contributed by atoms with Crippen molar-refractivity contribution in [1.29, 1.82) is 0 Å². The van der Waals surface area contributed by atoms with Crippen molar-refractivity contribution in [1.82, 2.24) is 0 Å². The SMILES string of the molecule is Bc1cc(N)cc(NCC(F)(F)F)c1. The maximum Gasteiger partial charge on any atom is 0.405 e. The molecule has 0 aliphatic rings. The summed E-state index contributed by atoms with van der Waals surface area (Å²) in [7, 11) is 1.77. The Morgan fingerprint density at radius 3 is 2.43 bits per heavy atom. The van der Waals surface area contributed by atoms with Crippen LogP contribution in [0.25, 0.3) is 0 Å². The molecule has 0 spiro atoms. The molecule has 14 heavy (non-hydrogen) atoms. The Kier molecular flexibility index (Phi) is 2.93. The molecule has 3 N–H and O–H groups in total. The zero-order chi connectivity index (χ0) is 10.8. The minimum Gasteiger partial charge on any atom is -0.399 e. The van der Waals surface area contributed by atoms with Crippen LogP contribution in [0.2, 0.25) is 0 Å². The highest BCUT2D eigenvalue weighted by atomic mass is 19.4. The van der Waals surface area contributed by atoms with Gasteiger partial charge in [-0.05, 0) is 18.2 Å². The molecule has 0 radical (unpaired) electrons. The standard InChI is InChI=1S/C8H10BF3N2/c9-5-1-6(13)3-7(2-5)14-4-8(10,11)12/h1-3,14H,4,9,13H2. The minimum atomic E-state index is -4.21. The van der Waals surface area contributed by atoms with Gasteiger partial charge in [0, 0.05) is 11.4 Å². The third-order valence-corrected chi connectivity index (χ3v) is 1.59. The molecule has 0 aromatic heterocycles. The van der Waals surface area contributed by atoms with Crippen LogP contribution in [-0.2, 0) is 0 Å². The molecule has 0 heterocycles. The normalized spacial score (nSPS) is 11.4. The topological polar surface area (TPSA) is 38.0 Å². The Balaban J connectivity index is 2.68. The van der Waals surface area contributed by atoms with Gasteiger partial charge in [0.15, 0.2) is 0 Å². The van der Waals surface area contributed by atoms with Crippen molar-refractivity contribution in [2.75, 3.05) is 17.6 Å². The van der Waals surface area contributed by atoms with Crippen molar-refractivity contribution in [3.8, 4) is 0 Å². The molecule has 1 rings (SSSR count). The fraction of sp³-hybridized carbons (Fsp3) is 0.250. The van der Waals surface area contributed by atoms with Crippen LogP contribution < -0.4 is 16.5 Å². The van der Waals surface area contributed by atoms with E-state index >= 15 is 0 Å². The van der Waals surface area contributed by atoms with Gasteiger partial charge in [-0.2, -0.15) is 13.2 Å². The zero-order valence-corrected chi connectivity index (χ0v) is 7.65. The van der Waals surface area contributed by atoms with Gasteiger partial charge < -0.3 is 11.1 Å². The van der Waals surface area contributed by atoms with Crippen LogP contribution in [0.4, 0.5) is 24.5 Å². The summed E-state index contributed by atoms with van der Waals surface area (Å²) in [5, 5.41) is 2.26. The Labute approximate surface area is 80.7 Å². The van der Waals surface area contributed by atoms with E-state index < -0.39 is 12.7 Å². The first-order valence-electron chi connectivity index (χ1n) is 4.04. The number of hydrogen-bond acceptors (Lipinski definition) is 2. The van der Waals surface area contributed by atoms with E-state index in [0.717, 1.165) is 5.46 Å². The van der Waals surface area contributed by atoms with E-state index in [4.69, 9.17) is 5.73 Å². The van der Waals surface area contributed by atoms with Gasteiger partial charge >= 0.3 is 6.18 Å². The summed E-state index contributed by atoms with van der Waals surface area (Å²) in [6, 6.07) is 4.78. The lowest BCUT2D eigenvalue weighted by molar-refractivity contribution is -0.115. The first-order chi connectivity index (χ1) is 6.37. The monoisotopic (exact) mass is 202 g/mol. The molecule has 0 saturated carbocycles. The van der Waals surface area contributed by atoms with Crippen LogP contribution in [-0.4, -0.2) is 20.6 Å². The molecule has 0 aliphatic heterocycles. The van der Waals surface area contributed by atoms with Crippen LogP contribution >= 0.6 is 0 Å². The molecule has 0 unspecified atom stereocenters. The zero-order valence-electron chi connectivity index (χ0n) is 7.65. The summed E-state index contributed by atoms with van der Waals surface area (Å²) in [5.41, 5.74) is 7.15. The number of alkyl halides is 3. The maximum atomic E-state index is 11.8. The van der Waals surface area contributed by atoms with Crippen LogP contribution in [0, 0.1) is 0 Å². The number of rotatable bonds is 2. The predicted molar refractivity (Wildman–Crippen MR) is 53.6 cm³/mol. The van der Waals surface area contributed by atoms with Gasteiger partial charge in [-0.3, -0.25) is 0 Å². The van der Waals surface area contributed by atoms with Crippen molar-refractivity contribution < 1.29 is 13.2 Å². The van der Waals surface area contributed by atoms with Gasteiger partial charge in [0.05, 0.1) is 0 Å². The molecular formula is C8H10BF3N2. The van der Waals surface area contributed by atoms with Gasteiger partial charge in [0.1, 0.15) is 14.4 Å². The van der Waals surface area contributed by atoms with Gasteiger partial charge in [-0.25, -0.2) is 0 Å². The van der Waals surface area contributed by atoms with Gasteiger partial charge in [-0.1, -0.05) is 5.46 Å². The van der Waals surface area contributed by atoms with E-state index in [1.54, 1.807) is 20.0 Å². The van der Waals surface area contributed by atoms with Gasteiger partial charge in [0.2, 0.25) is 0 Å². The van der Waals surface area contributed by atoms with Gasteiger partial charge in [-0.15, -0.1) is 0 Å². The fourth-order valence-electron chi connectivity index (χ4n) is 1.12. The second kappa shape index (κ2) is 3.81. The van der Waals surface area contributed by atoms with Crippen molar-refractivity contribution >= 4 is 24.7 Å². The van der Waals surface area contributed by atoms with E-state index in [-0.39, 0.29) is 0 Å². The Bertz CT molecular complexity index is 305. The summed E-state index contributed by atoms with van der Waals surface area (Å²) in [4.78, 5) is 0. The number of benzene rings is 1. The first kappa shape index (κ1) is 10.8. The lowest BCUT2D eigenvalue weighted by atomic mass is 9.95. The van der Waals surface area contributed by atoms with E-state index in [9.17, 15) is 13.2 Å². The number of hydrogen-bond donors (Lipinski definition) is 2. The third-order valence-electron chi connectivity index (χ3n) is 1.59. The molecule has 1 aromatic carbocycles. The maximum absolute atomic E-state index is 11.8. The molecule has 0 aliphatic carbocycles. The van der Waals surface area contributed by atoms with Gasteiger partial charge in [0.25, 0.3) is 0 Å². The quantitative estimate of drug-likeness (QED) is 0.541. The lowest BCUT2D eigenvalue weighted by Gasteiger charge is -2.10. The lowest BCUT2D eigenvalue weighted by Crippen LogP contribution is -2.22. The Morgan fingerprint density at radius 1 is 1.29 bits per heavy atom. The predicted octanol–water partition coefficient (Wildman–Crippen LogP) is 0.501. The fourth-order valence-corrected chi connectivity index (χ4v) is 1.12. The summed E-state index contributed by atoms with van der Waals surface area (Å²) >= 11 is 0. The molecule has 1 aromatic rings. The number of nitrogens with two attached hydrogens (primary N) is 1. The van der Waals surface area contributed by atoms with Crippen molar-refractivity contribution in [2.45, 2.75) is 6.18 Å². The Morgan fingerprint density at radius 2 is 1.93 bits per heavy atom. The minimum absolute atomic E-state index is 0.389. The number of nitrogen functional groups attached to an aromatic ring is 1. The Hall–Kier alpha value is -1.33. The summed E-state index contributed by atoms with van der Waals surface area (Å²) in [6.45, 7) is -1.05. The van der Waals surface area contributed by atoms with E-state index in [1.807, 2.05) is 0 Å². The molecule has 0 amide bonds. The van der Waals surface area contributed by atoms with Crippen LogP contribution in [0.5, 0.6) is 0 Å². The molecule has 0 atom stereocenters. The largest absolute Gasteiger partial charge is 0.405 e. The van der Waals surface area contributed by atoms with Crippen LogP contribution in [0.1, 0.15) is 0 Å². The van der Waals surface area contributed by atoms with Crippen molar-refractivity contribution in [2.24, 2.45) is 0 Å². The average molecular weight is 202 g/mol. The molecule has 0 saturated heterocycles. The van der Waals surface area contributed by atoms with Crippen LogP contribution in [0.3, 0.4) is 0 Å². The number of nitrogens with one attached hydrogen (secondary N) is 1. The number of anilines is 2. The third kappa shape index (κ3) is 3.59. The van der Waals surface area contributed by atoms with E-state index in [2.05, 4.69) is 5.32 Å². The second-order valence-corrected chi connectivity index (χ2v) is 3.10. The summed E-state index contributed by atoms with van der Waals surface area (Å²) in [5.74, 6) is 0. The van der Waals surface area contributed by atoms with E-state index in [0.29, 0.717) is 11.4 Å². The summed E-state index contributed by atoms with van der Waals surface area (Å²) < 4.78 is 35.5. The van der Waals surface area contributed by atoms with Crippen LogP contribution in [0.15, 0.2) is 18.2 Å². The smallest absolute Gasteiger partial charge is 0.399 e. The van der Waals surface area contributed by atoms with Crippen molar-refractivity contribution in [3.05, 3.63) is 18.2 Å². The molecular weight excluding hydrogens is 192 g/mol. The van der Waals surface area contributed by atoms with Crippen molar-refractivity contribution in [3.63, 3.8) is 0 Å². The highest BCUT2D eigenvalue weighted by Crippen LogP contribution is 2.17. The average Bonchev–Trinajstić information content (AvgIpc) is 1.97. The number of halogens is 3.